The molecule has 1 aromatic carbocycles. The summed E-state index contributed by atoms with van der Waals surface area (Å²) >= 11 is 5.98. The van der Waals surface area contributed by atoms with Crippen LogP contribution in [0.1, 0.15) is 30.6 Å². The molecule has 0 bridgehead atoms. The molecule has 0 fully saturated rings. The molecule has 2 unspecified atom stereocenters. The molecule has 1 aromatic rings. The van der Waals surface area contributed by atoms with E-state index in [-0.39, 0.29) is 21.4 Å². The number of carboxylic acids is 1. The first-order chi connectivity index (χ1) is 11.0. The number of hydrogen-bond donors (Lipinski definition) is 2. The van der Waals surface area contributed by atoms with Crippen molar-refractivity contribution in [3.8, 4) is 0 Å². The summed E-state index contributed by atoms with van der Waals surface area (Å²) in [5, 5.41) is 11.7. The lowest BCUT2D eigenvalue weighted by Gasteiger charge is -2.20. The first kappa shape index (κ1) is 20.4. The van der Waals surface area contributed by atoms with Gasteiger partial charge in [-0.25, -0.2) is 17.5 Å². The zero-order chi connectivity index (χ0) is 18.7. The Hall–Kier alpha value is -1.64. The number of nitrogens with one attached hydrogen (secondary N) is 1. The SMILES string of the molecule is CCC(C)C(NC(=O)c1cc(S(=O)(=O)N(C)C)ccc1Cl)C(=O)O. The number of carboxylic acid groups (broad SMARTS) is 1. The van der Waals surface area contributed by atoms with E-state index in [4.69, 9.17) is 11.6 Å². The third-order valence-corrected chi connectivity index (χ3v) is 5.87. The molecule has 0 saturated heterocycles. The average Bonchev–Trinajstić information content (AvgIpc) is 2.51. The second-order valence-electron chi connectivity index (χ2n) is 5.60. The van der Waals surface area contributed by atoms with Crippen LogP contribution in [0.25, 0.3) is 0 Å². The molecule has 0 aliphatic rings. The van der Waals surface area contributed by atoms with Gasteiger partial charge in [0.15, 0.2) is 0 Å². The smallest absolute Gasteiger partial charge is 0.326 e. The molecule has 0 heterocycles. The number of aliphatic carboxylic acids is 1. The van der Waals surface area contributed by atoms with Gasteiger partial charge in [-0.3, -0.25) is 4.79 Å². The number of halogens is 1. The lowest BCUT2D eigenvalue weighted by Crippen LogP contribution is -2.45. The van der Waals surface area contributed by atoms with Crippen LogP contribution in [0, 0.1) is 5.92 Å². The number of carbonyl (C=O) groups is 2. The summed E-state index contributed by atoms with van der Waals surface area (Å²) in [6.07, 6.45) is 0.556. The molecule has 0 radical (unpaired) electrons. The van der Waals surface area contributed by atoms with E-state index in [2.05, 4.69) is 5.32 Å². The van der Waals surface area contributed by atoms with E-state index in [1.807, 2.05) is 6.92 Å². The van der Waals surface area contributed by atoms with Gasteiger partial charge in [-0.1, -0.05) is 31.9 Å². The number of nitrogens with zero attached hydrogens (tertiary/aromatic N) is 1. The number of amides is 1. The molecule has 9 heteroatoms. The van der Waals surface area contributed by atoms with Crippen LogP contribution in [-0.4, -0.2) is 49.8 Å². The Labute approximate surface area is 146 Å². The topological polar surface area (TPSA) is 104 Å². The lowest BCUT2D eigenvalue weighted by molar-refractivity contribution is -0.140. The van der Waals surface area contributed by atoms with Crippen molar-refractivity contribution in [2.45, 2.75) is 31.2 Å². The van der Waals surface area contributed by atoms with Crippen molar-refractivity contribution in [3.63, 3.8) is 0 Å². The maximum atomic E-state index is 12.4. The van der Waals surface area contributed by atoms with E-state index in [0.717, 1.165) is 10.4 Å². The van der Waals surface area contributed by atoms with Crippen LogP contribution in [0.4, 0.5) is 0 Å². The summed E-state index contributed by atoms with van der Waals surface area (Å²) in [4.78, 5) is 23.6. The van der Waals surface area contributed by atoms with Crippen LogP contribution in [0.3, 0.4) is 0 Å². The Kier molecular flexibility index (Phi) is 6.76. The standard InChI is InChI=1S/C15H21ClN2O5S/c1-5-9(2)13(15(20)21)17-14(19)11-8-10(6-7-12(11)16)24(22,23)18(3)4/h6-9,13H,5H2,1-4H3,(H,17,19)(H,20,21). The van der Waals surface area contributed by atoms with Crippen molar-refractivity contribution in [2.24, 2.45) is 5.92 Å². The van der Waals surface area contributed by atoms with E-state index in [1.165, 1.54) is 26.2 Å². The van der Waals surface area contributed by atoms with Crippen LogP contribution in [0.15, 0.2) is 23.1 Å². The zero-order valence-corrected chi connectivity index (χ0v) is 15.5. The van der Waals surface area contributed by atoms with Crippen LogP contribution >= 0.6 is 11.6 Å². The molecule has 0 spiro atoms. The van der Waals surface area contributed by atoms with Gasteiger partial charge >= 0.3 is 5.97 Å². The lowest BCUT2D eigenvalue weighted by atomic mass is 9.99. The Morgan fingerprint density at radius 3 is 2.38 bits per heavy atom. The van der Waals surface area contributed by atoms with Crippen LogP contribution in [0.5, 0.6) is 0 Å². The largest absolute Gasteiger partial charge is 0.480 e. The molecule has 2 N–H and O–H groups in total. The first-order valence-corrected chi connectivity index (χ1v) is 9.09. The molecular weight excluding hydrogens is 356 g/mol. The molecule has 0 aliphatic carbocycles. The fourth-order valence-corrected chi connectivity index (χ4v) is 3.08. The van der Waals surface area contributed by atoms with Crippen molar-refractivity contribution in [1.29, 1.82) is 0 Å². The fraction of sp³-hybridized carbons (Fsp3) is 0.467. The Bertz CT molecular complexity index is 733. The third kappa shape index (κ3) is 4.46. The third-order valence-electron chi connectivity index (χ3n) is 3.73. The highest BCUT2D eigenvalue weighted by molar-refractivity contribution is 7.89. The minimum absolute atomic E-state index is 0.0403. The van der Waals surface area contributed by atoms with Gasteiger partial charge in [0, 0.05) is 14.1 Å². The van der Waals surface area contributed by atoms with Gasteiger partial charge in [-0.05, 0) is 24.1 Å². The molecule has 7 nitrogen and oxygen atoms in total. The van der Waals surface area contributed by atoms with Gasteiger partial charge in [0.25, 0.3) is 5.91 Å². The van der Waals surface area contributed by atoms with E-state index in [0.29, 0.717) is 6.42 Å². The highest BCUT2D eigenvalue weighted by Crippen LogP contribution is 2.22. The number of benzene rings is 1. The second kappa shape index (κ2) is 7.96. The minimum atomic E-state index is -3.74. The Balaban J connectivity index is 3.22. The van der Waals surface area contributed by atoms with Gasteiger partial charge < -0.3 is 10.4 Å². The molecule has 1 amide bonds. The normalized spacial score (nSPS) is 14.2. The molecule has 0 aromatic heterocycles. The number of hydrogen-bond acceptors (Lipinski definition) is 4. The van der Waals surface area contributed by atoms with Crippen molar-refractivity contribution in [3.05, 3.63) is 28.8 Å². The van der Waals surface area contributed by atoms with Gasteiger partial charge in [0.1, 0.15) is 6.04 Å². The Morgan fingerprint density at radius 1 is 1.33 bits per heavy atom. The minimum Gasteiger partial charge on any atom is -0.480 e. The fourth-order valence-electron chi connectivity index (χ4n) is 1.95. The van der Waals surface area contributed by atoms with Gasteiger partial charge in [-0.15, -0.1) is 0 Å². The van der Waals surface area contributed by atoms with Crippen molar-refractivity contribution in [2.75, 3.05) is 14.1 Å². The summed E-state index contributed by atoms with van der Waals surface area (Å²) in [7, 11) is -1.00. The van der Waals surface area contributed by atoms with Crippen LogP contribution in [0.2, 0.25) is 5.02 Å². The second-order valence-corrected chi connectivity index (χ2v) is 8.16. The first-order valence-electron chi connectivity index (χ1n) is 7.28. The molecule has 24 heavy (non-hydrogen) atoms. The molecule has 0 aliphatic heterocycles. The molecular formula is C15H21ClN2O5S. The van der Waals surface area contributed by atoms with Crippen molar-refractivity contribution < 1.29 is 23.1 Å². The predicted molar refractivity (Wildman–Crippen MR) is 90.7 cm³/mol. The van der Waals surface area contributed by atoms with Gasteiger partial charge in [0.2, 0.25) is 10.0 Å². The maximum Gasteiger partial charge on any atom is 0.326 e. The van der Waals surface area contributed by atoms with Gasteiger partial charge in [-0.2, -0.15) is 0 Å². The van der Waals surface area contributed by atoms with Crippen molar-refractivity contribution in [1.82, 2.24) is 9.62 Å². The summed E-state index contributed by atoms with van der Waals surface area (Å²) in [6.45, 7) is 3.51. The summed E-state index contributed by atoms with van der Waals surface area (Å²) in [5.41, 5.74) is -0.0888. The molecule has 134 valence electrons. The highest BCUT2D eigenvalue weighted by atomic mass is 35.5. The summed E-state index contributed by atoms with van der Waals surface area (Å²) in [6, 6.07) is 2.64. The molecule has 0 saturated carbocycles. The average molecular weight is 377 g/mol. The quantitative estimate of drug-likeness (QED) is 0.755. The molecule has 1 rings (SSSR count). The van der Waals surface area contributed by atoms with Gasteiger partial charge in [0.05, 0.1) is 15.5 Å². The number of sulfonamides is 1. The number of carbonyl (C=O) groups excluding carboxylic acids is 1. The van der Waals surface area contributed by atoms with Crippen LogP contribution in [-0.2, 0) is 14.8 Å². The summed E-state index contributed by atoms with van der Waals surface area (Å²) in [5.74, 6) is -2.19. The van der Waals surface area contributed by atoms with Crippen LogP contribution < -0.4 is 5.32 Å². The van der Waals surface area contributed by atoms with E-state index in [1.54, 1.807) is 6.92 Å². The summed E-state index contributed by atoms with van der Waals surface area (Å²) < 4.78 is 25.3. The highest BCUT2D eigenvalue weighted by Gasteiger charge is 2.27. The van der Waals surface area contributed by atoms with E-state index < -0.39 is 27.9 Å². The van der Waals surface area contributed by atoms with Crippen molar-refractivity contribution >= 4 is 33.5 Å². The monoisotopic (exact) mass is 376 g/mol. The Morgan fingerprint density at radius 2 is 1.92 bits per heavy atom. The zero-order valence-electron chi connectivity index (χ0n) is 13.9. The maximum absolute atomic E-state index is 12.4. The molecule has 2 atom stereocenters. The van der Waals surface area contributed by atoms with E-state index in [9.17, 15) is 23.1 Å². The van der Waals surface area contributed by atoms with E-state index >= 15 is 0 Å². The number of rotatable bonds is 7. The predicted octanol–water partition coefficient (Wildman–Crippen LogP) is 1.82.